The van der Waals surface area contributed by atoms with Crippen LogP contribution in [0, 0.1) is 10.1 Å². The van der Waals surface area contributed by atoms with Crippen molar-refractivity contribution >= 4 is 5.78 Å². The van der Waals surface area contributed by atoms with Crippen molar-refractivity contribution in [3.63, 3.8) is 0 Å². The molecule has 0 radical (unpaired) electrons. The maximum Gasteiger partial charge on any atom is 0.330 e. The Bertz CT molecular complexity index is 246. The molecule has 5 heteroatoms. The topological polar surface area (TPSA) is 72.2 Å². The van der Waals surface area contributed by atoms with Crippen LogP contribution in [0.25, 0.3) is 0 Å². The average Bonchev–Trinajstić information content (AvgIpc) is 2.01. The number of ketones is 1. The van der Waals surface area contributed by atoms with E-state index in [1.54, 1.807) is 6.92 Å². The summed E-state index contributed by atoms with van der Waals surface area (Å²) in [5.41, 5.74) is -0.447. The summed E-state index contributed by atoms with van der Waals surface area (Å²) in [6.07, 6.45) is 0. The summed E-state index contributed by atoms with van der Waals surface area (Å²) < 4.78 is 7.26. The van der Waals surface area contributed by atoms with Crippen LogP contribution in [0.15, 0.2) is 11.4 Å². The summed E-state index contributed by atoms with van der Waals surface area (Å²) >= 11 is 0. The quantitative estimate of drug-likeness (QED) is 0.385. The molecule has 12 heavy (non-hydrogen) atoms. The van der Waals surface area contributed by atoms with Gasteiger partial charge >= 0.3 is 5.70 Å². The summed E-state index contributed by atoms with van der Waals surface area (Å²) in [6, 6.07) is 0. The lowest BCUT2D eigenvalue weighted by Crippen LogP contribution is -2.19. The highest BCUT2D eigenvalue weighted by molar-refractivity contribution is 5.91. The number of Topliss-reactive ketones (excluding diaryl/α,β-unsaturated/α-hetero) is 1. The van der Waals surface area contributed by atoms with Gasteiger partial charge in [0, 0.05) is 13.5 Å². The minimum atomic E-state index is -0.755. The fraction of sp³-hybridized carbons (Fsp3) is 0.571. The zero-order valence-electron chi connectivity index (χ0n) is 8.33. The second kappa shape index (κ2) is 4.48. The first-order valence-electron chi connectivity index (χ1n) is 3.99. The number of rotatable bonds is 4. The molecule has 0 heterocycles. The lowest BCUT2D eigenvalue weighted by Gasteiger charge is -2.02. The molecular formula is C7H12N2O3. The van der Waals surface area contributed by atoms with E-state index < -0.39 is 16.4 Å². The number of hydrogen-bond acceptors (Lipinski definition) is 4. The zero-order valence-corrected chi connectivity index (χ0v) is 7.33. The van der Waals surface area contributed by atoms with Crippen LogP contribution in [0.5, 0.6) is 0 Å². The van der Waals surface area contributed by atoms with Crippen LogP contribution >= 0.6 is 0 Å². The highest BCUT2D eigenvalue weighted by atomic mass is 16.6. The Balaban J connectivity index is 5.09. The van der Waals surface area contributed by atoms with Crippen LogP contribution in [0.1, 0.15) is 20.8 Å². The molecule has 5 nitrogen and oxygen atoms in total. The monoisotopic (exact) mass is 173 g/mol. The number of nitrogens with zero attached hydrogens (tertiary/aromatic N) is 1. The van der Waals surface area contributed by atoms with E-state index in [1.807, 2.05) is 0 Å². The summed E-state index contributed by atoms with van der Waals surface area (Å²) in [6.45, 7) is 4.48. The Labute approximate surface area is 72.1 Å². The van der Waals surface area contributed by atoms with Crippen LogP contribution < -0.4 is 5.31 Å². The van der Waals surface area contributed by atoms with Gasteiger partial charge in [-0.15, -0.1) is 0 Å². The molecule has 0 aromatic carbocycles. The molecule has 0 aromatic rings. The van der Waals surface area contributed by atoms with Crippen LogP contribution in [0.3, 0.4) is 0 Å². The molecule has 68 valence electrons. The first-order valence-corrected chi connectivity index (χ1v) is 3.54. The van der Waals surface area contributed by atoms with Crippen LogP contribution in [-0.2, 0) is 4.79 Å². The van der Waals surface area contributed by atoms with Gasteiger partial charge in [0.05, 0.1) is 10.6 Å². The van der Waals surface area contributed by atoms with Gasteiger partial charge in [0.2, 0.25) is 5.78 Å². The minimum Gasteiger partial charge on any atom is -0.383 e. The first-order chi connectivity index (χ1) is 5.91. The van der Waals surface area contributed by atoms with Crippen molar-refractivity contribution < 1.29 is 11.1 Å². The fourth-order valence-corrected chi connectivity index (χ4v) is 0.827. The lowest BCUT2D eigenvalue weighted by atomic mass is 10.2. The molecule has 0 atom stereocenters. The van der Waals surface area contributed by atoms with Crippen molar-refractivity contribution in [1.29, 1.82) is 0 Å². The number of nitro groups is 1. The first kappa shape index (κ1) is 8.70. The summed E-state index contributed by atoms with van der Waals surface area (Å²) in [7, 11) is 0. The van der Waals surface area contributed by atoms with Gasteiger partial charge < -0.3 is 5.31 Å². The van der Waals surface area contributed by atoms with Crippen molar-refractivity contribution in [1.82, 2.24) is 5.31 Å². The van der Waals surface area contributed by atoms with Gasteiger partial charge in [0.25, 0.3) is 0 Å². The van der Waals surface area contributed by atoms with E-state index in [0.29, 0.717) is 6.54 Å². The molecule has 1 N–H and O–H groups in total. The molecular weight excluding hydrogens is 160 g/mol. The van der Waals surface area contributed by atoms with Crippen LogP contribution in [0.2, 0.25) is 1.41 Å². The number of nitrogens with one attached hydrogen (secondary N) is 1. The lowest BCUT2D eigenvalue weighted by molar-refractivity contribution is -0.420. The third-order valence-corrected chi connectivity index (χ3v) is 1.25. The normalized spacial score (nSPS) is 13.1. The molecule has 0 saturated heterocycles. The molecule has 0 fully saturated rings. The molecule has 0 aliphatic carbocycles. The SMILES string of the molecule is [2H]N(CC)/C(C)=C(\C(C)=O)[N+](=O)[O-]. The van der Waals surface area contributed by atoms with Gasteiger partial charge in [0.1, 0.15) is 0 Å². The van der Waals surface area contributed by atoms with E-state index in [2.05, 4.69) is 0 Å². The summed E-state index contributed by atoms with van der Waals surface area (Å²) in [4.78, 5) is 20.5. The second-order valence-electron chi connectivity index (χ2n) is 2.22. The second-order valence-corrected chi connectivity index (χ2v) is 2.22. The molecule has 0 aliphatic rings. The number of carbonyl (C=O) groups is 1. The summed E-state index contributed by atoms with van der Waals surface area (Å²) in [5, 5.41) is 11.3. The Hall–Kier alpha value is -1.39. The average molecular weight is 173 g/mol. The molecule has 0 aliphatic heterocycles. The molecule has 0 aromatic heterocycles. The minimum absolute atomic E-state index is 0.0694. The smallest absolute Gasteiger partial charge is 0.330 e. The molecule has 0 unspecified atom stereocenters. The van der Waals surface area contributed by atoms with Crippen LogP contribution in [-0.4, -0.2) is 17.3 Å². The molecule has 0 bridgehead atoms. The van der Waals surface area contributed by atoms with Gasteiger partial charge in [-0.05, 0) is 13.8 Å². The molecule has 0 spiro atoms. The third kappa shape index (κ3) is 2.69. The van der Waals surface area contributed by atoms with Gasteiger partial charge in [0.15, 0.2) is 1.41 Å². The van der Waals surface area contributed by atoms with Crippen molar-refractivity contribution in [2.45, 2.75) is 20.8 Å². The number of hydrogen-bond donors (Lipinski definition) is 1. The Morgan fingerprint density at radius 1 is 1.67 bits per heavy atom. The highest BCUT2D eigenvalue weighted by Gasteiger charge is 2.20. The molecule has 0 amide bonds. The Morgan fingerprint density at radius 2 is 2.17 bits per heavy atom. The summed E-state index contributed by atoms with van der Waals surface area (Å²) in [5.74, 6) is -0.631. The predicted octanol–water partition coefficient (Wildman–Crippen LogP) is 0.693. The van der Waals surface area contributed by atoms with E-state index in [0.717, 1.165) is 12.2 Å². The van der Waals surface area contributed by atoms with E-state index >= 15 is 0 Å². The third-order valence-electron chi connectivity index (χ3n) is 1.25. The number of allylic oxidation sites excluding steroid dienone is 2. The predicted molar refractivity (Wildman–Crippen MR) is 44.1 cm³/mol. The largest absolute Gasteiger partial charge is 0.383 e. The highest BCUT2D eigenvalue weighted by Crippen LogP contribution is 2.02. The maximum absolute atomic E-state index is 10.8. The van der Waals surface area contributed by atoms with E-state index in [9.17, 15) is 14.9 Å². The van der Waals surface area contributed by atoms with Crippen LogP contribution in [0.4, 0.5) is 0 Å². The van der Waals surface area contributed by atoms with Crippen molar-refractivity contribution in [3.8, 4) is 0 Å². The van der Waals surface area contributed by atoms with E-state index in [4.69, 9.17) is 1.41 Å². The van der Waals surface area contributed by atoms with Gasteiger partial charge in [-0.25, -0.2) is 0 Å². The van der Waals surface area contributed by atoms with Gasteiger partial charge in [-0.3, -0.25) is 14.9 Å². The Morgan fingerprint density at radius 3 is 2.42 bits per heavy atom. The zero-order chi connectivity index (χ0) is 10.6. The van der Waals surface area contributed by atoms with E-state index in [1.165, 1.54) is 6.92 Å². The van der Waals surface area contributed by atoms with Crippen molar-refractivity contribution in [2.75, 3.05) is 6.54 Å². The molecule has 0 saturated carbocycles. The van der Waals surface area contributed by atoms with Gasteiger partial charge in [-0.1, -0.05) is 0 Å². The number of carbonyl (C=O) groups excluding carboxylic acids is 1. The fourth-order valence-electron chi connectivity index (χ4n) is 0.827. The van der Waals surface area contributed by atoms with Crippen molar-refractivity contribution in [3.05, 3.63) is 21.5 Å². The maximum atomic E-state index is 10.8. The van der Waals surface area contributed by atoms with Gasteiger partial charge in [-0.2, -0.15) is 0 Å². The Kier molecular flexibility index (Phi) is 3.25. The standard InChI is InChI=1S/C7H12N2O3/c1-4-8-5(2)7(6(3)10)9(11)12/h8H,4H2,1-3H3/b7-5+/i/hD. The van der Waals surface area contributed by atoms with Crippen molar-refractivity contribution in [2.24, 2.45) is 0 Å². The molecule has 0 rings (SSSR count). The van der Waals surface area contributed by atoms with E-state index in [-0.39, 0.29) is 5.70 Å².